The minimum atomic E-state index is -0.384. The lowest BCUT2D eigenvalue weighted by Crippen LogP contribution is -2.40. The molecule has 0 aliphatic rings. The van der Waals surface area contributed by atoms with Gasteiger partial charge in [-0.3, -0.25) is 9.59 Å². The minimum absolute atomic E-state index is 0.154. The number of hydrogen-bond acceptors (Lipinski definition) is 4. The lowest BCUT2D eigenvalue weighted by Gasteiger charge is -2.20. The fraction of sp³-hybridized carbons (Fsp3) is 0.320. The molecule has 0 aliphatic carbocycles. The molecule has 3 rings (SSSR count). The third kappa shape index (κ3) is 6.57. The maximum atomic E-state index is 13.4. The maximum absolute atomic E-state index is 13.4. The van der Waals surface area contributed by atoms with Gasteiger partial charge in [0.15, 0.2) is 6.61 Å². The minimum Gasteiger partial charge on any atom is -0.484 e. The molecule has 1 heterocycles. The number of carbonyl (C=O) groups is 2. The zero-order valence-electron chi connectivity index (χ0n) is 19.6. The lowest BCUT2D eigenvalue weighted by atomic mass is 9.92. The van der Waals surface area contributed by atoms with Crippen LogP contribution in [-0.4, -0.2) is 46.2 Å². The number of benzene rings is 2. The molecule has 2 amide bonds. The Balaban J connectivity index is 1.70. The highest BCUT2D eigenvalue weighted by Gasteiger charge is 2.23. The summed E-state index contributed by atoms with van der Waals surface area (Å²) in [7, 11) is 0. The third-order valence-electron chi connectivity index (χ3n) is 5.06. The van der Waals surface area contributed by atoms with E-state index in [0.29, 0.717) is 28.8 Å². The van der Waals surface area contributed by atoms with Gasteiger partial charge in [0.05, 0.1) is 17.9 Å². The molecule has 180 valence electrons. The van der Waals surface area contributed by atoms with Gasteiger partial charge in [-0.25, -0.2) is 9.07 Å². The van der Waals surface area contributed by atoms with Crippen LogP contribution in [0.25, 0.3) is 5.69 Å². The molecule has 0 spiro atoms. The van der Waals surface area contributed by atoms with Crippen LogP contribution in [0.4, 0.5) is 10.2 Å². The molecule has 7 nitrogen and oxygen atoms in total. The standard InChI is InChI=1S/C25H28ClFN4O3/c1-5-30(24(33)16-34-20-12-6-17(26)7-13-20)15-23(32)28-22-14-21(25(2,3)4)29-31(22)19-10-8-18(27)9-11-19/h6-14H,5,15-16H2,1-4H3,(H,28,32). The second kappa shape index (κ2) is 10.7. The van der Waals surface area contributed by atoms with E-state index in [1.54, 1.807) is 54.1 Å². The monoisotopic (exact) mass is 486 g/mol. The van der Waals surface area contributed by atoms with Gasteiger partial charge in [-0.1, -0.05) is 32.4 Å². The number of nitrogens with one attached hydrogen (secondary N) is 1. The topological polar surface area (TPSA) is 76.5 Å². The van der Waals surface area contributed by atoms with Crippen LogP contribution in [0, 0.1) is 5.82 Å². The largest absolute Gasteiger partial charge is 0.484 e. The maximum Gasteiger partial charge on any atom is 0.260 e. The van der Waals surface area contributed by atoms with Gasteiger partial charge in [0, 0.05) is 23.0 Å². The molecule has 0 atom stereocenters. The number of halogens is 2. The number of aromatic nitrogens is 2. The van der Waals surface area contributed by atoms with Gasteiger partial charge in [0.2, 0.25) is 5.91 Å². The van der Waals surface area contributed by atoms with E-state index in [1.807, 2.05) is 20.8 Å². The van der Waals surface area contributed by atoms with Crippen LogP contribution >= 0.6 is 11.6 Å². The fourth-order valence-electron chi connectivity index (χ4n) is 3.12. The van der Waals surface area contributed by atoms with Crippen molar-refractivity contribution in [2.75, 3.05) is 25.0 Å². The normalized spacial score (nSPS) is 11.2. The van der Waals surface area contributed by atoms with Gasteiger partial charge in [0.1, 0.15) is 17.4 Å². The molecule has 0 aliphatic heterocycles. The smallest absolute Gasteiger partial charge is 0.260 e. The van der Waals surface area contributed by atoms with Gasteiger partial charge in [-0.05, 0) is 55.5 Å². The molecule has 0 saturated heterocycles. The SMILES string of the molecule is CCN(CC(=O)Nc1cc(C(C)(C)C)nn1-c1ccc(F)cc1)C(=O)COc1ccc(Cl)cc1. The van der Waals surface area contributed by atoms with Gasteiger partial charge in [-0.15, -0.1) is 0 Å². The van der Waals surface area contributed by atoms with E-state index < -0.39 is 0 Å². The van der Waals surface area contributed by atoms with Gasteiger partial charge >= 0.3 is 0 Å². The van der Waals surface area contributed by atoms with Crippen LogP contribution in [0.15, 0.2) is 54.6 Å². The van der Waals surface area contributed by atoms with Crippen molar-refractivity contribution in [2.24, 2.45) is 0 Å². The summed E-state index contributed by atoms with van der Waals surface area (Å²) in [5.41, 5.74) is 1.09. The molecule has 0 fully saturated rings. The number of hydrogen-bond donors (Lipinski definition) is 1. The van der Waals surface area contributed by atoms with E-state index in [4.69, 9.17) is 16.3 Å². The summed E-state index contributed by atoms with van der Waals surface area (Å²) >= 11 is 5.86. The van der Waals surface area contributed by atoms with Crippen molar-refractivity contribution in [3.8, 4) is 11.4 Å². The first-order valence-corrected chi connectivity index (χ1v) is 11.3. The van der Waals surface area contributed by atoms with Crippen molar-refractivity contribution >= 4 is 29.2 Å². The van der Waals surface area contributed by atoms with E-state index in [1.165, 1.54) is 17.0 Å². The summed E-state index contributed by atoms with van der Waals surface area (Å²) in [6.45, 7) is 7.79. The van der Waals surface area contributed by atoms with E-state index in [2.05, 4.69) is 10.4 Å². The highest BCUT2D eigenvalue weighted by atomic mass is 35.5. The zero-order chi connectivity index (χ0) is 24.9. The highest BCUT2D eigenvalue weighted by Crippen LogP contribution is 2.26. The first-order chi connectivity index (χ1) is 16.1. The molecule has 9 heteroatoms. The zero-order valence-corrected chi connectivity index (χ0v) is 20.4. The number of rotatable bonds is 8. The van der Waals surface area contributed by atoms with Crippen molar-refractivity contribution in [3.05, 3.63) is 71.1 Å². The Hall–Kier alpha value is -3.39. The summed E-state index contributed by atoms with van der Waals surface area (Å²) in [6.07, 6.45) is 0. The molecule has 34 heavy (non-hydrogen) atoms. The summed E-state index contributed by atoms with van der Waals surface area (Å²) in [4.78, 5) is 26.8. The molecule has 0 unspecified atom stereocenters. The Morgan fingerprint density at radius 1 is 1.12 bits per heavy atom. The molecule has 0 radical (unpaired) electrons. The molecular weight excluding hydrogens is 459 g/mol. The molecule has 1 N–H and O–H groups in total. The second-order valence-corrected chi connectivity index (χ2v) is 9.19. The summed E-state index contributed by atoms with van der Waals surface area (Å²) in [5.74, 6) is -0.130. The van der Waals surface area contributed by atoms with E-state index in [0.717, 1.165) is 5.69 Å². The number of carbonyl (C=O) groups excluding carboxylic acids is 2. The number of amides is 2. The number of nitrogens with zero attached hydrogens (tertiary/aromatic N) is 3. The van der Waals surface area contributed by atoms with E-state index in [-0.39, 0.29) is 36.2 Å². The number of likely N-dealkylation sites (N-methyl/N-ethyl adjacent to an activating group) is 1. The van der Waals surface area contributed by atoms with Crippen LogP contribution in [0.1, 0.15) is 33.4 Å². The lowest BCUT2D eigenvalue weighted by molar-refractivity contribution is -0.136. The molecule has 3 aromatic rings. The van der Waals surface area contributed by atoms with Crippen molar-refractivity contribution in [1.29, 1.82) is 0 Å². The molecule has 2 aromatic carbocycles. The van der Waals surface area contributed by atoms with Gasteiger partial charge in [0.25, 0.3) is 5.91 Å². The predicted octanol–water partition coefficient (Wildman–Crippen LogP) is 4.83. The van der Waals surface area contributed by atoms with Crippen LogP contribution in [0.2, 0.25) is 5.02 Å². The Labute approximate surface area is 203 Å². The summed E-state index contributed by atoms with van der Waals surface area (Å²) in [6, 6.07) is 14.3. The summed E-state index contributed by atoms with van der Waals surface area (Å²) < 4.78 is 20.5. The quantitative estimate of drug-likeness (QED) is 0.495. The summed E-state index contributed by atoms with van der Waals surface area (Å²) in [5, 5.41) is 8.01. The number of ether oxygens (including phenoxy) is 1. The van der Waals surface area contributed by atoms with E-state index >= 15 is 0 Å². The van der Waals surface area contributed by atoms with Gasteiger partial charge in [-0.2, -0.15) is 5.10 Å². The second-order valence-electron chi connectivity index (χ2n) is 8.75. The first kappa shape index (κ1) is 25.2. The molecular formula is C25H28ClFN4O3. The van der Waals surface area contributed by atoms with Crippen molar-refractivity contribution in [1.82, 2.24) is 14.7 Å². The Morgan fingerprint density at radius 2 is 1.76 bits per heavy atom. The van der Waals surface area contributed by atoms with Crippen LogP contribution in [-0.2, 0) is 15.0 Å². The Bertz CT molecular complexity index is 1140. The fourth-order valence-corrected chi connectivity index (χ4v) is 3.24. The first-order valence-electron chi connectivity index (χ1n) is 10.9. The van der Waals surface area contributed by atoms with Gasteiger partial charge < -0.3 is 15.0 Å². The predicted molar refractivity (Wildman–Crippen MR) is 130 cm³/mol. The van der Waals surface area contributed by atoms with Crippen molar-refractivity contribution in [3.63, 3.8) is 0 Å². The highest BCUT2D eigenvalue weighted by molar-refractivity contribution is 6.30. The molecule has 1 aromatic heterocycles. The molecule has 0 saturated carbocycles. The van der Waals surface area contributed by atoms with Crippen LogP contribution < -0.4 is 10.1 Å². The van der Waals surface area contributed by atoms with Crippen LogP contribution in [0.3, 0.4) is 0 Å². The average molecular weight is 487 g/mol. The van der Waals surface area contributed by atoms with E-state index in [9.17, 15) is 14.0 Å². The van der Waals surface area contributed by atoms with Crippen molar-refractivity contribution in [2.45, 2.75) is 33.1 Å². The number of anilines is 1. The average Bonchev–Trinajstić information content (AvgIpc) is 3.21. The molecule has 0 bridgehead atoms. The Morgan fingerprint density at radius 3 is 2.35 bits per heavy atom. The van der Waals surface area contributed by atoms with Crippen molar-refractivity contribution < 1.29 is 18.7 Å². The van der Waals surface area contributed by atoms with Crippen LogP contribution in [0.5, 0.6) is 5.75 Å². The third-order valence-corrected chi connectivity index (χ3v) is 5.31. The Kier molecular flexibility index (Phi) is 7.94.